The molecule has 28 heavy (non-hydrogen) atoms. The molecule has 2 heterocycles. The molecule has 2 aromatic heterocycles. The van der Waals surface area contributed by atoms with E-state index in [9.17, 15) is 4.79 Å². The number of thiophene rings is 1. The van der Waals surface area contributed by atoms with Gasteiger partial charge in [-0.2, -0.15) is 0 Å². The van der Waals surface area contributed by atoms with Crippen molar-refractivity contribution in [3.05, 3.63) is 46.0 Å². The average Bonchev–Trinajstić information content (AvgIpc) is 3.04. The van der Waals surface area contributed by atoms with Gasteiger partial charge < -0.3 is 9.64 Å². The number of hydrogen-bond donors (Lipinski definition) is 0. The van der Waals surface area contributed by atoms with Crippen LogP contribution in [0.1, 0.15) is 39.3 Å². The molecule has 1 aliphatic carbocycles. The third-order valence-electron chi connectivity index (χ3n) is 5.28. The second kappa shape index (κ2) is 8.10. The summed E-state index contributed by atoms with van der Waals surface area (Å²) in [5.74, 6) is 0.817. The van der Waals surface area contributed by atoms with Crippen LogP contribution in [0.25, 0.3) is 21.3 Å². The Bertz CT molecular complexity index is 1030. The van der Waals surface area contributed by atoms with Gasteiger partial charge in [0.1, 0.15) is 10.6 Å². The third kappa shape index (κ3) is 3.38. The summed E-state index contributed by atoms with van der Waals surface area (Å²) < 4.78 is 5.32. The first-order chi connectivity index (χ1) is 13.0. The lowest BCUT2D eigenvalue weighted by molar-refractivity contribution is 0.0827. The molecule has 148 valence electrons. The van der Waals surface area contributed by atoms with Crippen molar-refractivity contribution < 1.29 is 9.53 Å². The van der Waals surface area contributed by atoms with Crippen molar-refractivity contribution >= 4 is 39.9 Å². The molecule has 0 fully saturated rings. The summed E-state index contributed by atoms with van der Waals surface area (Å²) in [4.78, 5) is 22.1. The van der Waals surface area contributed by atoms with E-state index in [0.29, 0.717) is 5.56 Å². The van der Waals surface area contributed by atoms with Crippen molar-refractivity contribution in [2.24, 2.45) is 0 Å². The number of carbonyl (C=O) groups excluding carboxylic acids is 1. The van der Waals surface area contributed by atoms with Crippen molar-refractivity contribution in [2.45, 2.75) is 32.6 Å². The first kappa shape index (κ1) is 20.6. The number of methoxy groups -OCH3 is 1. The number of benzene rings is 1. The van der Waals surface area contributed by atoms with Crippen LogP contribution in [0.3, 0.4) is 0 Å². The average molecular weight is 417 g/mol. The molecular formula is C22H25ClN2O2S. The lowest BCUT2D eigenvalue weighted by atomic mass is 9.89. The smallest absolute Gasteiger partial charge is 0.255 e. The zero-order valence-corrected chi connectivity index (χ0v) is 18.3. The Hall–Kier alpha value is -2.11. The number of fused-ring (bicyclic) bond motifs is 3. The molecule has 3 aromatic rings. The lowest BCUT2D eigenvalue weighted by Gasteiger charge is -2.19. The minimum Gasteiger partial charge on any atom is -0.497 e. The quantitative estimate of drug-likeness (QED) is 0.583. The van der Waals surface area contributed by atoms with Gasteiger partial charge in [-0.3, -0.25) is 4.79 Å². The molecule has 0 bridgehead atoms. The van der Waals surface area contributed by atoms with Crippen LogP contribution < -0.4 is 4.74 Å². The van der Waals surface area contributed by atoms with Gasteiger partial charge >= 0.3 is 0 Å². The van der Waals surface area contributed by atoms with Crippen LogP contribution in [0.4, 0.5) is 0 Å². The first-order valence-corrected chi connectivity index (χ1v) is 10.1. The van der Waals surface area contributed by atoms with E-state index in [1.807, 2.05) is 31.2 Å². The van der Waals surface area contributed by atoms with Crippen LogP contribution in [-0.2, 0) is 12.8 Å². The van der Waals surface area contributed by atoms with Crippen molar-refractivity contribution in [3.8, 4) is 16.9 Å². The normalized spacial score (nSPS) is 13.0. The number of halogens is 1. The molecule has 0 aliphatic heterocycles. The Morgan fingerprint density at radius 1 is 1.14 bits per heavy atom. The maximum absolute atomic E-state index is 13.1. The maximum Gasteiger partial charge on any atom is 0.255 e. The van der Waals surface area contributed by atoms with E-state index in [4.69, 9.17) is 9.72 Å². The van der Waals surface area contributed by atoms with E-state index in [2.05, 4.69) is 0 Å². The number of ether oxygens (including phenoxy) is 1. The summed E-state index contributed by atoms with van der Waals surface area (Å²) in [5.41, 5.74) is 4.97. The SMILES string of the molecule is COc1ccc(-c2c(C(=O)N(C)C)c(C)nc3sc4c(c23)CCCC4)cc1.Cl. The number of pyridine rings is 1. The van der Waals surface area contributed by atoms with Crippen molar-refractivity contribution in [2.75, 3.05) is 21.2 Å². The van der Waals surface area contributed by atoms with Crippen LogP contribution >= 0.6 is 23.7 Å². The maximum atomic E-state index is 13.1. The molecule has 0 N–H and O–H groups in total. The molecule has 0 atom stereocenters. The van der Waals surface area contributed by atoms with Crippen molar-refractivity contribution in [1.29, 1.82) is 0 Å². The molecule has 6 heteroatoms. The van der Waals surface area contributed by atoms with Crippen LogP contribution in [0.15, 0.2) is 24.3 Å². The van der Waals surface area contributed by atoms with Crippen LogP contribution in [0.5, 0.6) is 5.75 Å². The standard InChI is InChI=1S/C22H24N2O2S.ClH/c1-13-18(22(25)24(2)3)19(14-9-11-15(26-4)12-10-14)20-16-7-5-6-8-17(16)27-21(20)23-13;/h9-12H,5-8H2,1-4H3;1H. The van der Waals surface area contributed by atoms with Crippen LogP contribution in [0, 0.1) is 6.92 Å². The second-order valence-corrected chi connectivity index (χ2v) is 8.35. The zero-order valence-electron chi connectivity index (χ0n) is 16.7. The van der Waals surface area contributed by atoms with Crippen LogP contribution in [-0.4, -0.2) is 37.0 Å². The van der Waals surface area contributed by atoms with Gasteiger partial charge in [0.05, 0.1) is 18.4 Å². The lowest BCUT2D eigenvalue weighted by Crippen LogP contribution is -2.24. The molecular weight excluding hydrogens is 392 g/mol. The highest BCUT2D eigenvalue weighted by Gasteiger charge is 2.26. The Morgan fingerprint density at radius 2 is 1.82 bits per heavy atom. The molecule has 0 saturated carbocycles. The number of aromatic nitrogens is 1. The highest BCUT2D eigenvalue weighted by molar-refractivity contribution is 7.19. The fraction of sp³-hybridized carbons (Fsp3) is 0.364. The monoisotopic (exact) mass is 416 g/mol. The predicted octanol–water partition coefficient (Wildman–Crippen LogP) is 5.28. The minimum atomic E-state index is 0. The van der Waals surface area contributed by atoms with E-state index >= 15 is 0 Å². The largest absolute Gasteiger partial charge is 0.497 e. The van der Waals surface area contributed by atoms with E-state index in [0.717, 1.165) is 40.2 Å². The van der Waals surface area contributed by atoms with Gasteiger partial charge in [0.25, 0.3) is 5.91 Å². The van der Waals surface area contributed by atoms with E-state index < -0.39 is 0 Å². The van der Waals surface area contributed by atoms with Gasteiger partial charge in [-0.1, -0.05) is 12.1 Å². The summed E-state index contributed by atoms with van der Waals surface area (Å²) >= 11 is 1.80. The summed E-state index contributed by atoms with van der Waals surface area (Å²) in [6.07, 6.45) is 4.62. The highest BCUT2D eigenvalue weighted by atomic mass is 35.5. The summed E-state index contributed by atoms with van der Waals surface area (Å²) in [7, 11) is 5.26. The fourth-order valence-corrected chi connectivity index (χ4v) is 5.25. The van der Waals surface area contributed by atoms with E-state index in [1.54, 1.807) is 37.4 Å². The van der Waals surface area contributed by atoms with Gasteiger partial charge in [-0.05, 0) is 55.9 Å². The molecule has 1 amide bonds. The Balaban J connectivity index is 0.00000225. The van der Waals surface area contributed by atoms with Gasteiger partial charge in [-0.15, -0.1) is 23.7 Å². The number of carbonyl (C=O) groups is 1. The Labute approximate surface area is 175 Å². The molecule has 0 radical (unpaired) electrons. The zero-order chi connectivity index (χ0) is 19.1. The van der Waals surface area contributed by atoms with Crippen molar-refractivity contribution in [3.63, 3.8) is 0 Å². The second-order valence-electron chi connectivity index (χ2n) is 7.27. The van der Waals surface area contributed by atoms with Gasteiger partial charge in [0.2, 0.25) is 0 Å². The Morgan fingerprint density at radius 3 is 2.46 bits per heavy atom. The summed E-state index contributed by atoms with van der Waals surface area (Å²) in [6, 6.07) is 8.01. The number of amides is 1. The number of nitrogens with zero attached hydrogens (tertiary/aromatic N) is 2. The summed E-state index contributed by atoms with van der Waals surface area (Å²) in [5, 5.41) is 1.18. The molecule has 0 saturated heterocycles. The van der Waals surface area contributed by atoms with E-state index in [1.165, 1.54) is 28.7 Å². The molecule has 1 aliphatic rings. The third-order valence-corrected chi connectivity index (χ3v) is 6.47. The van der Waals surface area contributed by atoms with Crippen LogP contribution in [0.2, 0.25) is 0 Å². The van der Waals surface area contributed by atoms with Gasteiger partial charge in [-0.25, -0.2) is 4.98 Å². The van der Waals surface area contributed by atoms with Gasteiger partial charge in [0.15, 0.2) is 0 Å². The van der Waals surface area contributed by atoms with E-state index in [-0.39, 0.29) is 18.3 Å². The molecule has 4 nitrogen and oxygen atoms in total. The Kier molecular flexibility index (Phi) is 5.96. The highest BCUT2D eigenvalue weighted by Crippen LogP contribution is 2.43. The van der Waals surface area contributed by atoms with Gasteiger partial charge in [0, 0.05) is 29.9 Å². The first-order valence-electron chi connectivity index (χ1n) is 9.32. The molecule has 4 rings (SSSR count). The van der Waals surface area contributed by atoms with Crippen molar-refractivity contribution in [1.82, 2.24) is 9.88 Å². The number of aryl methyl sites for hydroxylation is 3. The molecule has 1 aromatic carbocycles. The molecule has 0 unspecified atom stereocenters. The predicted molar refractivity (Wildman–Crippen MR) is 118 cm³/mol. The topological polar surface area (TPSA) is 42.4 Å². The summed E-state index contributed by atoms with van der Waals surface area (Å²) in [6.45, 7) is 1.95. The minimum absolute atomic E-state index is 0. The fourth-order valence-electron chi connectivity index (χ4n) is 3.93. The number of hydrogen-bond acceptors (Lipinski definition) is 4. The number of rotatable bonds is 3. The molecule has 0 spiro atoms.